The molecule has 0 unspecified atom stereocenters. The maximum Gasteiger partial charge on any atom is 0.111 e. The maximum absolute atomic E-state index is 9.38. The highest BCUT2D eigenvalue weighted by molar-refractivity contribution is 4.79. The Hall–Kier alpha value is -0.200. The van der Waals surface area contributed by atoms with E-state index in [2.05, 4.69) is 0 Å². The summed E-state index contributed by atoms with van der Waals surface area (Å²) in [4.78, 5) is 0. The Morgan fingerprint density at radius 2 is 1.77 bits per heavy atom. The van der Waals surface area contributed by atoms with Gasteiger partial charge in [-0.2, -0.15) is 0 Å². The summed E-state index contributed by atoms with van der Waals surface area (Å²) in [6, 6.07) is 0. The minimum absolute atomic E-state index is 0.324. The van der Waals surface area contributed by atoms with Gasteiger partial charge in [0.1, 0.15) is 18.3 Å². The fraction of sp³-hybridized carbons (Fsp3) is 1.00. The lowest BCUT2D eigenvalue weighted by molar-refractivity contribution is -0.135. The first-order valence-electron chi connectivity index (χ1n) is 4.31. The van der Waals surface area contributed by atoms with Crippen LogP contribution in [0.3, 0.4) is 0 Å². The van der Waals surface area contributed by atoms with Crippen molar-refractivity contribution in [1.29, 1.82) is 0 Å². The molecular formula is C8H18O5. The summed E-state index contributed by atoms with van der Waals surface area (Å²) in [7, 11) is 0. The van der Waals surface area contributed by atoms with Crippen LogP contribution in [0.25, 0.3) is 0 Å². The van der Waals surface area contributed by atoms with Crippen molar-refractivity contribution in [2.45, 2.75) is 38.3 Å². The summed E-state index contributed by atoms with van der Waals surface area (Å²) in [5.74, 6) is 0. The Morgan fingerprint density at radius 3 is 2.08 bits per heavy atom. The number of hydrogen-bond donors (Lipinski definition) is 4. The van der Waals surface area contributed by atoms with Crippen molar-refractivity contribution in [3.8, 4) is 0 Å². The third-order valence-electron chi connectivity index (χ3n) is 1.75. The summed E-state index contributed by atoms with van der Waals surface area (Å²) in [6.07, 6.45) is -4.32. The lowest BCUT2D eigenvalue weighted by atomic mass is 10.0. The Kier molecular flexibility index (Phi) is 6.19. The summed E-state index contributed by atoms with van der Waals surface area (Å²) < 4.78 is 5.02. The van der Waals surface area contributed by atoms with Gasteiger partial charge in [0.25, 0.3) is 0 Å². The van der Waals surface area contributed by atoms with E-state index in [1.54, 1.807) is 6.92 Å². The van der Waals surface area contributed by atoms with Gasteiger partial charge in [-0.3, -0.25) is 0 Å². The molecule has 0 heterocycles. The lowest BCUT2D eigenvalue weighted by Gasteiger charge is -2.27. The fourth-order valence-electron chi connectivity index (χ4n) is 1.04. The molecule has 5 nitrogen and oxygen atoms in total. The normalized spacial score (nSPS) is 20.8. The van der Waals surface area contributed by atoms with Crippen molar-refractivity contribution in [1.82, 2.24) is 0 Å². The van der Waals surface area contributed by atoms with Crippen LogP contribution in [0, 0.1) is 0 Å². The molecule has 0 aromatic heterocycles. The molecule has 0 spiro atoms. The van der Waals surface area contributed by atoms with Gasteiger partial charge in [0, 0.05) is 6.61 Å². The van der Waals surface area contributed by atoms with Crippen molar-refractivity contribution < 1.29 is 25.2 Å². The molecule has 0 aromatic carbocycles. The third-order valence-corrected chi connectivity index (χ3v) is 1.75. The molecule has 0 rings (SSSR count). The molecule has 80 valence electrons. The molecule has 4 N–H and O–H groups in total. The molecule has 0 amide bonds. The zero-order valence-electron chi connectivity index (χ0n) is 7.92. The number of hydrogen-bond acceptors (Lipinski definition) is 5. The molecule has 13 heavy (non-hydrogen) atoms. The molecule has 4 atom stereocenters. The molecule has 0 aliphatic heterocycles. The minimum Gasteiger partial charge on any atom is -0.394 e. The average molecular weight is 194 g/mol. The molecule has 5 heteroatoms. The molecule has 0 bridgehead atoms. The Bertz CT molecular complexity index is 128. The predicted octanol–water partition coefficient (Wildman–Crippen LogP) is -1.51. The second-order valence-corrected chi connectivity index (χ2v) is 2.90. The molecule has 0 saturated carbocycles. The SMILES string of the molecule is CCO[C@@H]([C@@H](O)[C@H](O)CO)[C@H](C)O. The zero-order valence-corrected chi connectivity index (χ0v) is 7.92. The smallest absolute Gasteiger partial charge is 0.111 e. The van der Waals surface area contributed by atoms with Crippen LogP contribution in [-0.2, 0) is 4.74 Å². The monoisotopic (exact) mass is 194 g/mol. The number of aliphatic hydroxyl groups is 4. The van der Waals surface area contributed by atoms with Crippen LogP contribution in [0.15, 0.2) is 0 Å². The summed E-state index contributed by atoms with van der Waals surface area (Å²) >= 11 is 0. The summed E-state index contributed by atoms with van der Waals surface area (Å²) in [6.45, 7) is 2.93. The van der Waals surface area contributed by atoms with Crippen LogP contribution in [0.4, 0.5) is 0 Å². The first-order chi connectivity index (χ1) is 6.04. The lowest BCUT2D eigenvalue weighted by Crippen LogP contribution is -2.46. The van der Waals surface area contributed by atoms with E-state index in [9.17, 15) is 10.2 Å². The molecular weight excluding hydrogens is 176 g/mol. The summed E-state index contributed by atoms with van der Waals surface area (Å²) in [5.41, 5.74) is 0. The van der Waals surface area contributed by atoms with Crippen LogP contribution in [0.1, 0.15) is 13.8 Å². The first kappa shape index (κ1) is 12.8. The van der Waals surface area contributed by atoms with Gasteiger partial charge >= 0.3 is 0 Å². The molecule has 0 radical (unpaired) electrons. The van der Waals surface area contributed by atoms with E-state index in [-0.39, 0.29) is 0 Å². The highest BCUT2D eigenvalue weighted by atomic mass is 16.5. The van der Waals surface area contributed by atoms with E-state index in [1.807, 2.05) is 0 Å². The second-order valence-electron chi connectivity index (χ2n) is 2.90. The summed E-state index contributed by atoms with van der Waals surface area (Å²) in [5, 5.41) is 36.2. The molecule has 0 fully saturated rings. The largest absolute Gasteiger partial charge is 0.394 e. The van der Waals surface area contributed by atoms with Gasteiger partial charge in [0.05, 0.1) is 12.7 Å². The third kappa shape index (κ3) is 4.02. The zero-order chi connectivity index (χ0) is 10.4. The van der Waals surface area contributed by atoms with Gasteiger partial charge in [-0.15, -0.1) is 0 Å². The molecule has 0 aliphatic rings. The Labute approximate surface area is 77.6 Å². The topological polar surface area (TPSA) is 90.2 Å². The van der Waals surface area contributed by atoms with E-state index < -0.39 is 31.0 Å². The van der Waals surface area contributed by atoms with Gasteiger partial charge in [-0.1, -0.05) is 0 Å². The van der Waals surface area contributed by atoms with Crippen molar-refractivity contribution in [3.05, 3.63) is 0 Å². The Balaban J connectivity index is 4.18. The first-order valence-corrected chi connectivity index (χ1v) is 4.31. The van der Waals surface area contributed by atoms with Gasteiger partial charge in [0.15, 0.2) is 0 Å². The van der Waals surface area contributed by atoms with Crippen LogP contribution >= 0.6 is 0 Å². The van der Waals surface area contributed by atoms with E-state index >= 15 is 0 Å². The highest BCUT2D eigenvalue weighted by Crippen LogP contribution is 2.08. The Morgan fingerprint density at radius 1 is 1.23 bits per heavy atom. The van der Waals surface area contributed by atoms with Crippen LogP contribution in [0.2, 0.25) is 0 Å². The quantitative estimate of drug-likeness (QED) is 0.412. The second kappa shape index (κ2) is 6.28. The fourth-order valence-corrected chi connectivity index (χ4v) is 1.04. The standard InChI is InChI=1S/C8H18O5/c1-3-13-8(5(2)10)7(12)6(11)4-9/h5-12H,3-4H2,1-2H3/t5-,6+,7-,8+/m0/s1. The van der Waals surface area contributed by atoms with E-state index in [0.717, 1.165) is 0 Å². The number of rotatable bonds is 6. The van der Waals surface area contributed by atoms with Gasteiger partial charge < -0.3 is 25.2 Å². The van der Waals surface area contributed by atoms with Crippen LogP contribution < -0.4 is 0 Å². The minimum atomic E-state index is -1.29. The molecule has 0 aromatic rings. The number of aliphatic hydroxyl groups excluding tert-OH is 4. The van der Waals surface area contributed by atoms with Crippen molar-refractivity contribution in [2.24, 2.45) is 0 Å². The van der Waals surface area contributed by atoms with E-state index in [4.69, 9.17) is 14.9 Å². The molecule has 0 aliphatic carbocycles. The van der Waals surface area contributed by atoms with Crippen molar-refractivity contribution in [3.63, 3.8) is 0 Å². The van der Waals surface area contributed by atoms with Gasteiger partial charge in [-0.05, 0) is 13.8 Å². The van der Waals surface area contributed by atoms with Gasteiger partial charge in [0.2, 0.25) is 0 Å². The van der Waals surface area contributed by atoms with Gasteiger partial charge in [-0.25, -0.2) is 0 Å². The van der Waals surface area contributed by atoms with E-state index in [0.29, 0.717) is 6.61 Å². The highest BCUT2D eigenvalue weighted by Gasteiger charge is 2.29. The van der Waals surface area contributed by atoms with E-state index in [1.165, 1.54) is 6.92 Å². The average Bonchev–Trinajstić information content (AvgIpc) is 2.11. The molecule has 0 saturated heterocycles. The number of ether oxygens (including phenoxy) is 1. The van der Waals surface area contributed by atoms with Crippen LogP contribution in [-0.4, -0.2) is 58.1 Å². The van der Waals surface area contributed by atoms with Crippen molar-refractivity contribution in [2.75, 3.05) is 13.2 Å². The van der Waals surface area contributed by atoms with Crippen LogP contribution in [0.5, 0.6) is 0 Å². The maximum atomic E-state index is 9.38. The predicted molar refractivity (Wildman–Crippen MR) is 46.2 cm³/mol. The van der Waals surface area contributed by atoms with Crippen molar-refractivity contribution >= 4 is 0 Å².